The Morgan fingerprint density at radius 1 is 1.33 bits per heavy atom. The Bertz CT molecular complexity index is 582. The summed E-state index contributed by atoms with van der Waals surface area (Å²) in [5.41, 5.74) is 0.524. The molecule has 1 N–H and O–H groups in total. The quantitative estimate of drug-likeness (QED) is 0.724. The van der Waals surface area contributed by atoms with E-state index in [1.165, 1.54) is 0 Å². The first-order chi connectivity index (χ1) is 11.5. The van der Waals surface area contributed by atoms with Gasteiger partial charge in [-0.05, 0) is 50.6 Å². The Labute approximate surface area is 147 Å². The van der Waals surface area contributed by atoms with Gasteiger partial charge in [-0.2, -0.15) is 0 Å². The van der Waals surface area contributed by atoms with Gasteiger partial charge in [-0.3, -0.25) is 9.59 Å². The third-order valence-corrected chi connectivity index (χ3v) is 4.53. The molecule has 2 rings (SSSR count). The third kappa shape index (κ3) is 5.21. The molecule has 0 amide bonds. The number of halogens is 1. The maximum Gasteiger partial charge on any atom is 0.306 e. The van der Waals surface area contributed by atoms with Crippen molar-refractivity contribution in [2.75, 3.05) is 26.2 Å². The normalized spacial score (nSPS) is 16.1. The molecule has 5 nitrogen and oxygen atoms in total. The first kappa shape index (κ1) is 18.7. The highest BCUT2D eigenvalue weighted by Gasteiger charge is 2.24. The fraction of sp³-hybridized carbons (Fsp3) is 0.556. The third-order valence-electron chi connectivity index (χ3n) is 4.30. The Hall–Kier alpha value is -1.59. The van der Waals surface area contributed by atoms with Gasteiger partial charge in [-0.15, -0.1) is 0 Å². The summed E-state index contributed by atoms with van der Waals surface area (Å²) in [5.74, 6) is -0.388. The highest BCUT2D eigenvalue weighted by Crippen LogP contribution is 2.25. The molecule has 1 heterocycles. The SMILES string of the molecule is CCCOc1ccc(Cl)cc1C(=O)CCN1CCC(C(=O)O)CC1. The van der Waals surface area contributed by atoms with Crippen LogP contribution in [0.25, 0.3) is 0 Å². The van der Waals surface area contributed by atoms with Crippen LogP contribution in [0, 0.1) is 5.92 Å². The van der Waals surface area contributed by atoms with Gasteiger partial charge in [0.25, 0.3) is 0 Å². The van der Waals surface area contributed by atoms with E-state index in [1.807, 2.05) is 6.92 Å². The Kier molecular flexibility index (Phi) is 7.06. The molecule has 1 saturated heterocycles. The molecule has 1 aromatic carbocycles. The minimum atomic E-state index is -0.720. The van der Waals surface area contributed by atoms with Crippen molar-refractivity contribution in [3.63, 3.8) is 0 Å². The van der Waals surface area contributed by atoms with Crippen LogP contribution in [0.2, 0.25) is 5.02 Å². The minimum Gasteiger partial charge on any atom is -0.493 e. The summed E-state index contributed by atoms with van der Waals surface area (Å²) in [6.45, 7) is 4.64. The molecule has 0 atom stereocenters. The van der Waals surface area contributed by atoms with Gasteiger partial charge in [0.1, 0.15) is 5.75 Å². The van der Waals surface area contributed by atoms with Crippen LogP contribution in [0.5, 0.6) is 5.75 Å². The molecular weight excluding hydrogens is 330 g/mol. The van der Waals surface area contributed by atoms with Crippen molar-refractivity contribution in [3.8, 4) is 5.75 Å². The predicted molar refractivity (Wildman–Crippen MR) is 93.0 cm³/mol. The van der Waals surface area contributed by atoms with Crippen molar-refractivity contribution in [1.82, 2.24) is 4.90 Å². The lowest BCUT2D eigenvalue weighted by Gasteiger charge is -2.29. The van der Waals surface area contributed by atoms with Gasteiger partial charge in [0.05, 0.1) is 18.1 Å². The number of ether oxygens (including phenoxy) is 1. The number of carboxylic acid groups (broad SMARTS) is 1. The number of hydrogen-bond donors (Lipinski definition) is 1. The van der Waals surface area contributed by atoms with Gasteiger partial charge in [0.15, 0.2) is 5.78 Å². The van der Waals surface area contributed by atoms with Crippen LogP contribution in [0.1, 0.15) is 43.0 Å². The van der Waals surface area contributed by atoms with E-state index in [1.54, 1.807) is 18.2 Å². The molecule has 0 spiro atoms. The van der Waals surface area contributed by atoms with Crippen molar-refractivity contribution in [2.45, 2.75) is 32.6 Å². The lowest BCUT2D eigenvalue weighted by Crippen LogP contribution is -2.37. The van der Waals surface area contributed by atoms with Crippen molar-refractivity contribution >= 4 is 23.4 Å². The first-order valence-corrected chi connectivity index (χ1v) is 8.79. The largest absolute Gasteiger partial charge is 0.493 e. The molecule has 1 aromatic rings. The van der Waals surface area contributed by atoms with Gasteiger partial charge in [-0.25, -0.2) is 0 Å². The maximum absolute atomic E-state index is 12.5. The van der Waals surface area contributed by atoms with Gasteiger partial charge >= 0.3 is 5.97 Å². The number of piperidine rings is 1. The topological polar surface area (TPSA) is 66.8 Å². The molecular formula is C18H24ClNO4. The summed E-state index contributed by atoms with van der Waals surface area (Å²) < 4.78 is 5.64. The average molecular weight is 354 g/mol. The number of benzene rings is 1. The molecule has 0 aliphatic carbocycles. The van der Waals surface area contributed by atoms with Crippen LogP contribution >= 0.6 is 11.6 Å². The second-order valence-electron chi connectivity index (χ2n) is 6.12. The standard InChI is InChI=1S/C18H24ClNO4/c1-2-11-24-17-4-3-14(19)12-15(17)16(21)7-10-20-8-5-13(6-9-20)18(22)23/h3-4,12-13H,2,5-11H2,1H3,(H,22,23). The van der Waals surface area contributed by atoms with E-state index in [0.717, 1.165) is 19.5 Å². The molecule has 0 aromatic heterocycles. The van der Waals surface area contributed by atoms with Crippen LogP contribution in [0.15, 0.2) is 18.2 Å². The van der Waals surface area contributed by atoms with Crippen molar-refractivity contribution in [3.05, 3.63) is 28.8 Å². The second kappa shape index (κ2) is 9.04. The maximum atomic E-state index is 12.5. The molecule has 24 heavy (non-hydrogen) atoms. The summed E-state index contributed by atoms with van der Waals surface area (Å²) in [7, 11) is 0. The molecule has 0 saturated carbocycles. The van der Waals surface area contributed by atoms with Crippen molar-refractivity contribution < 1.29 is 19.4 Å². The van der Waals surface area contributed by atoms with Crippen LogP contribution in [0.3, 0.4) is 0 Å². The smallest absolute Gasteiger partial charge is 0.306 e. The van der Waals surface area contributed by atoms with Gasteiger partial charge in [-0.1, -0.05) is 18.5 Å². The number of rotatable bonds is 8. The van der Waals surface area contributed by atoms with E-state index in [-0.39, 0.29) is 11.7 Å². The predicted octanol–water partition coefficient (Wildman–Crippen LogP) is 3.50. The summed E-state index contributed by atoms with van der Waals surface area (Å²) in [6.07, 6.45) is 2.53. The van der Waals surface area contributed by atoms with E-state index in [2.05, 4.69) is 4.90 Å². The zero-order valence-corrected chi connectivity index (χ0v) is 14.7. The van der Waals surface area contributed by atoms with Crippen molar-refractivity contribution in [2.24, 2.45) is 5.92 Å². The van der Waals surface area contributed by atoms with Gasteiger partial charge in [0, 0.05) is 18.0 Å². The van der Waals surface area contributed by atoms with E-state index in [0.29, 0.717) is 48.7 Å². The fourth-order valence-electron chi connectivity index (χ4n) is 2.86. The lowest BCUT2D eigenvalue weighted by atomic mass is 9.97. The number of hydrogen-bond acceptors (Lipinski definition) is 4. The highest BCUT2D eigenvalue weighted by molar-refractivity contribution is 6.31. The summed E-state index contributed by atoms with van der Waals surface area (Å²) in [4.78, 5) is 25.7. The van der Waals surface area contributed by atoms with Crippen molar-refractivity contribution in [1.29, 1.82) is 0 Å². The van der Waals surface area contributed by atoms with E-state index in [4.69, 9.17) is 21.4 Å². The van der Waals surface area contributed by atoms with E-state index >= 15 is 0 Å². The average Bonchev–Trinajstić information content (AvgIpc) is 2.58. The number of carbonyl (C=O) groups excluding carboxylic acids is 1. The molecule has 0 bridgehead atoms. The summed E-state index contributed by atoms with van der Waals surface area (Å²) in [6, 6.07) is 5.12. The van der Waals surface area contributed by atoms with Crippen LogP contribution in [-0.4, -0.2) is 48.0 Å². The summed E-state index contributed by atoms with van der Waals surface area (Å²) in [5, 5.41) is 9.54. The van der Waals surface area contributed by atoms with Crippen LogP contribution < -0.4 is 4.74 Å². The number of carbonyl (C=O) groups is 2. The molecule has 1 fully saturated rings. The number of nitrogens with zero attached hydrogens (tertiary/aromatic N) is 1. The van der Waals surface area contributed by atoms with Crippen LogP contribution in [0.4, 0.5) is 0 Å². The lowest BCUT2D eigenvalue weighted by molar-refractivity contribution is -0.143. The zero-order chi connectivity index (χ0) is 17.5. The monoisotopic (exact) mass is 353 g/mol. The molecule has 1 aliphatic rings. The first-order valence-electron chi connectivity index (χ1n) is 8.42. The number of likely N-dealkylation sites (tertiary alicyclic amines) is 1. The Morgan fingerprint density at radius 3 is 2.67 bits per heavy atom. The molecule has 1 aliphatic heterocycles. The zero-order valence-electron chi connectivity index (χ0n) is 14.0. The van der Waals surface area contributed by atoms with E-state index in [9.17, 15) is 9.59 Å². The molecule has 6 heteroatoms. The summed E-state index contributed by atoms with van der Waals surface area (Å²) >= 11 is 6.02. The minimum absolute atomic E-state index is 0.00367. The second-order valence-corrected chi connectivity index (χ2v) is 6.55. The Balaban J connectivity index is 1.91. The molecule has 0 radical (unpaired) electrons. The molecule has 132 valence electrons. The van der Waals surface area contributed by atoms with Gasteiger partial charge < -0.3 is 14.7 Å². The highest BCUT2D eigenvalue weighted by atomic mass is 35.5. The Morgan fingerprint density at radius 2 is 2.04 bits per heavy atom. The molecule has 0 unspecified atom stereocenters. The van der Waals surface area contributed by atoms with Crippen LogP contribution in [-0.2, 0) is 4.79 Å². The fourth-order valence-corrected chi connectivity index (χ4v) is 3.03. The number of Topliss-reactive ketones (excluding diaryl/α,β-unsaturated/α-hetero) is 1. The number of ketones is 1. The number of aliphatic carboxylic acids is 1. The van der Waals surface area contributed by atoms with Gasteiger partial charge in [0.2, 0.25) is 0 Å². The van der Waals surface area contributed by atoms with E-state index < -0.39 is 5.97 Å². The number of carboxylic acids is 1.